The summed E-state index contributed by atoms with van der Waals surface area (Å²) in [6.45, 7) is 2.69. The lowest BCUT2D eigenvalue weighted by Gasteiger charge is -2.20. The van der Waals surface area contributed by atoms with Gasteiger partial charge in [0.1, 0.15) is 6.54 Å². The quantitative estimate of drug-likeness (QED) is 0.782. The molecular formula is C22H24N2O4. The number of ether oxygens (including phenoxy) is 1. The molecule has 2 aromatic carbocycles. The molecule has 28 heavy (non-hydrogen) atoms. The van der Waals surface area contributed by atoms with Crippen molar-refractivity contribution < 1.29 is 19.1 Å². The van der Waals surface area contributed by atoms with Crippen LogP contribution in [0.25, 0.3) is 11.1 Å². The van der Waals surface area contributed by atoms with E-state index in [9.17, 15) is 14.4 Å². The van der Waals surface area contributed by atoms with E-state index in [2.05, 4.69) is 5.32 Å². The van der Waals surface area contributed by atoms with Crippen molar-refractivity contribution in [1.29, 1.82) is 0 Å². The zero-order valence-corrected chi connectivity index (χ0v) is 15.9. The maximum Gasteiger partial charge on any atom is 0.326 e. The number of nitrogens with one attached hydrogen (secondary N) is 1. The lowest BCUT2D eigenvalue weighted by molar-refractivity contribution is -0.157. The molecule has 1 fully saturated rings. The summed E-state index contributed by atoms with van der Waals surface area (Å²) in [5, 5.41) is 2.53. The van der Waals surface area contributed by atoms with Crippen molar-refractivity contribution in [2.45, 2.75) is 25.9 Å². The molecule has 1 saturated heterocycles. The lowest BCUT2D eigenvalue weighted by atomic mass is 10.0. The molecule has 3 rings (SSSR count). The highest BCUT2D eigenvalue weighted by molar-refractivity contribution is 5.96. The predicted molar refractivity (Wildman–Crippen MR) is 106 cm³/mol. The van der Waals surface area contributed by atoms with E-state index < -0.39 is 12.1 Å². The van der Waals surface area contributed by atoms with Crippen LogP contribution in [-0.2, 0) is 14.3 Å². The first-order valence-electron chi connectivity index (χ1n) is 9.46. The highest BCUT2D eigenvalue weighted by atomic mass is 16.5. The largest absolute Gasteiger partial charge is 0.451 e. The van der Waals surface area contributed by atoms with Crippen LogP contribution in [0.2, 0.25) is 0 Å². The van der Waals surface area contributed by atoms with E-state index in [-0.39, 0.29) is 18.4 Å². The molecule has 0 bridgehead atoms. The Morgan fingerprint density at radius 3 is 2.21 bits per heavy atom. The second-order valence-corrected chi connectivity index (χ2v) is 6.79. The number of benzene rings is 2. The maximum atomic E-state index is 12.2. The van der Waals surface area contributed by atoms with Gasteiger partial charge >= 0.3 is 5.97 Å². The monoisotopic (exact) mass is 380 g/mol. The number of hydrogen-bond acceptors (Lipinski definition) is 4. The topological polar surface area (TPSA) is 75.7 Å². The van der Waals surface area contributed by atoms with Gasteiger partial charge in [0, 0.05) is 18.7 Å². The van der Waals surface area contributed by atoms with Gasteiger partial charge in [-0.2, -0.15) is 0 Å². The van der Waals surface area contributed by atoms with Crippen molar-refractivity contribution in [3.8, 4) is 11.1 Å². The molecule has 0 aliphatic carbocycles. The van der Waals surface area contributed by atoms with Crippen LogP contribution in [-0.4, -0.2) is 48.4 Å². The number of hydrogen-bond donors (Lipinski definition) is 1. The average Bonchev–Trinajstić information content (AvgIpc) is 3.27. The van der Waals surface area contributed by atoms with Crippen LogP contribution in [0.3, 0.4) is 0 Å². The van der Waals surface area contributed by atoms with Crippen LogP contribution in [0, 0.1) is 0 Å². The standard InChI is InChI=1S/C22H24N2O4/c1-16(22(27)24-13-5-6-14-24)28-20(25)15-23-21(26)19-11-9-18(10-12-19)17-7-3-2-4-8-17/h2-4,7-12,16H,5-6,13-15H2,1H3,(H,23,26)/t16-/m1/s1. The fraction of sp³-hybridized carbons (Fsp3) is 0.318. The summed E-state index contributed by atoms with van der Waals surface area (Å²) in [5.74, 6) is -1.18. The van der Waals surface area contributed by atoms with E-state index in [1.54, 1.807) is 24.0 Å². The van der Waals surface area contributed by atoms with Crippen molar-refractivity contribution >= 4 is 17.8 Å². The number of esters is 1. The third-order valence-corrected chi connectivity index (χ3v) is 4.72. The van der Waals surface area contributed by atoms with Gasteiger partial charge in [-0.3, -0.25) is 14.4 Å². The van der Waals surface area contributed by atoms with E-state index in [1.807, 2.05) is 42.5 Å². The second-order valence-electron chi connectivity index (χ2n) is 6.79. The second kappa shape index (κ2) is 9.17. The number of carbonyl (C=O) groups is 3. The van der Waals surface area contributed by atoms with E-state index in [0.29, 0.717) is 18.7 Å². The number of carbonyl (C=O) groups excluding carboxylic acids is 3. The van der Waals surface area contributed by atoms with Gasteiger partial charge in [-0.05, 0) is 43.0 Å². The lowest BCUT2D eigenvalue weighted by Crippen LogP contribution is -2.40. The highest BCUT2D eigenvalue weighted by Crippen LogP contribution is 2.19. The summed E-state index contributed by atoms with van der Waals surface area (Å²) in [7, 11) is 0. The van der Waals surface area contributed by atoms with E-state index >= 15 is 0 Å². The molecular weight excluding hydrogens is 356 g/mol. The average molecular weight is 380 g/mol. The molecule has 0 unspecified atom stereocenters. The van der Waals surface area contributed by atoms with Gasteiger partial charge < -0.3 is 15.0 Å². The minimum atomic E-state index is -0.840. The fourth-order valence-corrected chi connectivity index (χ4v) is 3.18. The van der Waals surface area contributed by atoms with Gasteiger partial charge in [-0.15, -0.1) is 0 Å². The molecule has 1 aliphatic heterocycles. The molecule has 1 heterocycles. The van der Waals surface area contributed by atoms with Crippen molar-refractivity contribution in [1.82, 2.24) is 10.2 Å². The number of nitrogens with zero attached hydrogens (tertiary/aromatic N) is 1. The number of rotatable bonds is 6. The molecule has 1 aliphatic rings. The fourth-order valence-electron chi connectivity index (χ4n) is 3.18. The molecule has 146 valence electrons. The van der Waals surface area contributed by atoms with Gasteiger partial charge in [-0.1, -0.05) is 42.5 Å². The van der Waals surface area contributed by atoms with E-state index in [4.69, 9.17) is 4.74 Å². The molecule has 0 radical (unpaired) electrons. The molecule has 1 atom stereocenters. The summed E-state index contributed by atoms with van der Waals surface area (Å²) in [6, 6.07) is 17.0. The normalized spacial score (nSPS) is 14.4. The van der Waals surface area contributed by atoms with Crippen molar-refractivity contribution in [3.05, 3.63) is 60.2 Å². The minimum absolute atomic E-state index is 0.186. The SMILES string of the molecule is C[C@@H](OC(=O)CNC(=O)c1ccc(-c2ccccc2)cc1)C(=O)N1CCCC1. The predicted octanol–water partition coefficient (Wildman–Crippen LogP) is 2.64. The Labute approximate surface area is 164 Å². The first-order valence-corrected chi connectivity index (χ1v) is 9.46. The summed E-state index contributed by atoms with van der Waals surface area (Å²) >= 11 is 0. The molecule has 0 aromatic heterocycles. The van der Waals surface area contributed by atoms with Crippen LogP contribution < -0.4 is 5.32 Å². The Bertz CT molecular complexity index is 827. The third-order valence-electron chi connectivity index (χ3n) is 4.72. The van der Waals surface area contributed by atoms with Crippen molar-refractivity contribution in [2.75, 3.05) is 19.6 Å². The Kier molecular flexibility index (Phi) is 6.42. The van der Waals surface area contributed by atoms with Crippen LogP contribution in [0.5, 0.6) is 0 Å². The van der Waals surface area contributed by atoms with E-state index in [0.717, 1.165) is 24.0 Å². The van der Waals surface area contributed by atoms with Gasteiger partial charge in [0.15, 0.2) is 6.10 Å². The van der Waals surface area contributed by atoms with Crippen LogP contribution in [0.4, 0.5) is 0 Å². The zero-order chi connectivity index (χ0) is 19.9. The molecule has 6 nitrogen and oxygen atoms in total. The first kappa shape index (κ1) is 19.6. The molecule has 0 saturated carbocycles. The summed E-state index contributed by atoms with van der Waals surface area (Å²) in [5.41, 5.74) is 2.52. The highest BCUT2D eigenvalue weighted by Gasteiger charge is 2.25. The third kappa shape index (κ3) is 4.97. The van der Waals surface area contributed by atoms with Crippen LogP contribution >= 0.6 is 0 Å². The summed E-state index contributed by atoms with van der Waals surface area (Å²) in [4.78, 5) is 38.0. The summed E-state index contributed by atoms with van der Waals surface area (Å²) < 4.78 is 5.14. The molecule has 0 spiro atoms. The summed E-state index contributed by atoms with van der Waals surface area (Å²) in [6.07, 6.45) is 1.12. The van der Waals surface area contributed by atoms with Crippen LogP contribution in [0.15, 0.2) is 54.6 Å². The van der Waals surface area contributed by atoms with Gasteiger partial charge in [0.25, 0.3) is 11.8 Å². The number of likely N-dealkylation sites (tertiary alicyclic amines) is 1. The Morgan fingerprint density at radius 2 is 1.57 bits per heavy atom. The van der Waals surface area contributed by atoms with Crippen LogP contribution in [0.1, 0.15) is 30.1 Å². The Balaban J connectivity index is 1.48. The smallest absolute Gasteiger partial charge is 0.326 e. The Hall–Kier alpha value is -3.15. The first-order chi connectivity index (χ1) is 13.5. The molecule has 1 N–H and O–H groups in total. The maximum absolute atomic E-state index is 12.2. The van der Waals surface area contributed by atoms with Gasteiger partial charge in [-0.25, -0.2) is 0 Å². The number of amides is 2. The van der Waals surface area contributed by atoms with Crippen molar-refractivity contribution in [2.24, 2.45) is 0 Å². The van der Waals surface area contributed by atoms with Crippen molar-refractivity contribution in [3.63, 3.8) is 0 Å². The molecule has 2 amide bonds. The molecule has 2 aromatic rings. The van der Waals surface area contributed by atoms with Gasteiger partial charge in [0.2, 0.25) is 0 Å². The zero-order valence-electron chi connectivity index (χ0n) is 15.9. The minimum Gasteiger partial charge on any atom is -0.451 e. The van der Waals surface area contributed by atoms with E-state index in [1.165, 1.54) is 0 Å². The van der Waals surface area contributed by atoms with Gasteiger partial charge in [0.05, 0.1) is 0 Å². The Morgan fingerprint density at radius 1 is 0.964 bits per heavy atom. The molecule has 6 heteroatoms.